The number of aromatic nitrogens is 1. The minimum absolute atomic E-state index is 0.832. The zero-order chi connectivity index (χ0) is 12.3. The van der Waals surface area contributed by atoms with Crippen molar-refractivity contribution in [1.29, 1.82) is 0 Å². The van der Waals surface area contributed by atoms with Crippen molar-refractivity contribution in [2.45, 2.75) is 46.6 Å². The van der Waals surface area contributed by atoms with Crippen molar-refractivity contribution in [3.05, 3.63) is 36.0 Å². The van der Waals surface area contributed by atoms with Crippen LogP contribution in [-0.2, 0) is 6.54 Å². The van der Waals surface area contributed by atoms with Crippen molar-refractivity contribution in [2.24, 2.45) is 5.92 Å². The summed E-state index contributed by atoms with van der Waals surface area (Å²) in [7, 11) is 0. The monoisotopic (exact) mass is 229 g/mol. The summed E-state index contributed by atoms with van der Waals surface area (Å²) in [6.07, 6.45) is 6.19. The Hall–Kier alpha value is -1.24. The molecule has 2 aromatic rings. The highest BCUT2D eigenvalue weighted by atomic mass is 14.9. The lowest BCUT2D eigenvalue weighted by Gasteiger charge is -2.07. The van der Waals surface area contributed by atoms with Crippen LogP contribution < -0.4 is 0 Å². The van der Waals surface area contributed by atoms with Gasteiger partial charge in [-0.15, -0.1) is 0 Å². The van der Waals surface area contributed by atoms with Crippen LogP contribution in [0, 0.1) is 12.8 Å². The number of nitrogens with zero attached hydrogens (tertiary/aromatic N) is 1. The predicted molar refractivity (Wildman–Crippen MR) is 75.4 cm³/mol. The molecular weight excluding hydrogens is 206 g/mol. The number of fused-ring (bicyclic) bond motifs is 1. The molecule has 0 aliphatic carbocycles. The Bertz CT molecular complexity index is 479. The van der Waals surface area contributed by atoms with Gasteiger partial charge in [-0.2, -0.15) is 0 Å². The first-order valence-electron chi connectivity index (χ1n) is 6.72. The van der Waals surface area contributed by atoms with Gasteiger partial charge in [0.15, 0.2) is 0 Å². The van der Waals surface area contributed by atoms with Gasteiger partial charge in [0.1, 0.15) is 0 Å². The van der Waals surface area contributed by atoms with Crippen molar-refractivity contribution >= 4 is 10.9 Å². The summed E-state index contributed by atoms with van der Waals surface area (Å²) in [5.74, 6) is 0.832. The third kappa shape index (κ3) is 3.12. The van der Waals surface area contributed by atoms with E-state index < -0.39 is 0 Å². The fourth-order valence-corrected chi connectivity index (χ4v) is 2.35. The zero-order valence-electron chi connectivity index (χ0n) is 11.2. The number of unbranched alkanes of at least 4 members (excludes halogenated alkanes) is 1. The van der Waals surface area contributed by atoms with Gasteiger partial charge in [-0.1, -0.05) is 38.3 Å². The van der Waals surface area contributed by atoms with Crippen LogP contribution in [0.3, 0.4) is 0 Å². The molecule has 1 heterocycles. The Morgan fingerprint density at radius 1 is 1.12 bits per heavy atom. The molecule has 0 N–H and O–H groups in total. The summed E-state index contributed by atoms with van der Waals surface area (Å²) >= 11 is 0. The van der Waals surface area contributed by atoms with Crippen LogP contribution in [0.15, 0.2) is 30.5 Å². The van der Waals surface area contributed by atoms with Crippen molar-refractivity contribution < 1.29 is 0 Å². The number of rotatable bonds is 5. The second kappa shape index (κ2) is 5.39. The lowest BCUT2D eigenvalue weighted by Crippen LogP contribution is -1.97. The minimum Gasteiger partial charge on any atom is -0.347 e. The SMILES string of the molecule is Cc1ccc2c(ccn2CCCCC(C)C)c1. The van der Waals surface area contributed by atoms with E-state index in [1.165, 1.54) is 35.7 Å². The van der Waals surface area contributed by atoms with E-state index in [4.69, 9.17) is 0 Å². The largest absolute Gasteiger partial charge is 0.347 e. The van der Waals surface area contributed by atoms with Crippen LogP contribution >= 0.6 is 0 Å². The topological polar surface area (TPSA) is 4.93 Å². The summed E-state index contributed by atoms with van der Waals surface area (Å²) in [6, 6.07) is 8.94. The predicted octanol–water partition coefficient (Wildman–Crippen LogP) is 4.78. The van der Waals surface area contributed by atoms with Crippen molar-refractivity contribution in [3.63, 3.8) is 0 Å². The fourth-order valence-electron chi connectivity index (χ4n) is 2.35. The Balaban J connectivity index is 1.99. The van der Waals surface area contributed by atoms with E-state index in [1.807, 2.05) is 0 Å². The third-order valence-electron chi connectivity index (χ3n) is 3.36. The molecule has 1 aromatic heterocycles. The van der Waals surface area contributed by atoms with E-state index in [9.17, 15) is 0 Å². The van der Waals surface area contributed by atoms with Crippen LogP contribution in [0.5, 0.6) is 0 Å². The van der Waals surface area contributed by atoms with E-state index >= 15 is 0 Å². The molecule has 1 nitrogen and oxygen atoms in total. The molecule has 1 aromatic carbocycles. The van der Waals surface area contributed by atoms with Gasteiger partial charge < -0.3 is 4.57 Å². The molecule has 1 heteroatoms. The lowest BCUT2D eigenvalue weighted by atomic mass is 10.1. The van der Waals surface area contributed by atoms with Gasteiger partial charge in [-0.05, 0) is 42.8 Å². The first-order valence-corrected chi connectivity index (χ1v) is 6.72. The summed E-state index contributed by atoms with van der Waals surface area (Å²) in [5.41, 5.74) is 2.72. The van der Waals surface area contributed by atoms with Gasteiger partial charge in [0.25, 0.3) is 0 Å². The van der Waals surface area contributed by atoms with Gasteiger partial charge >= 0.3 is 0 Å². The molecule has 0 fully saturated rings. The molecule has 0 bridgehead atoms. The van der Waals surface area contributed by atoms with Crippen LogP contribution in [-0.4, -0.2) is 4.57 Å². The molecule has 0 aliphatic heterocycles. The summed E-state index contributed by atoms with van der Waals surface area (Å²) in [6.45, 7) is 7.90. The molecule has 0 spiro atoms. The molecule has 0 radical (unpaired) electrons. The van der Waals surface area contributed by atoms with Crippen molar-refractivity contribution in [3.8, 4) is 0 Å². The number of aryl methyl sites for hydroxylation is 2. The second-order valence-corrected chi connectivity index (χ2v) is 5.46. The smallest absolute Gasteiger partial charge is 0.0480 e. The molecule has 92 valence electrons. The van der Waals surface area contributed by atoms with Gasteiger partial charge in [-0.3, -0.25) is 0 Å². The first kappa shape index (κ1) is 12.2. The molecule has 2 rings (SSSR count). The maximum Gasteiger partial charge on any atom is 0.0480 e. The van der Waals surface area contributed by atoms with E-state index in [1.54, 1.807) is 0 Å². The summed E-state index contributed by atoms with van der Waals surface area (Å²) in [4.78, 5) is 0. The van der Waals surface area contributed by atoms with Crippen LogP contribution in [0.25, 0.3) is 10.9 Å². The Kier molecular flexibility index (Phi) is 3.88. The van der Waals surface area contributed by atoms with E-state index in [0.29, 0.717) is 0 Å². The average Bonchev–Trinajstić information content (AvgIpc) is 2.66. The highest BCUT2D eigenvalue weighted by Crippen LogP contribution is 2.18. The Morgan fingerprint density at radius 2 is 1.94 bits per heavy atom. The van der Waals surface area contributed by atoms with Crippen molar-refractivity contribution in [2.75, 3.05) is 0 Å². The highest BCUT2D eigenvalue weighted by Gasteiger charge is 2.01. The van der Waals surface area contributed by atoms with E-state index in [-0.39, 0.29) is 0 Å². The molecule has 17 heavy (non-hydrogen) atoms. The number of hydrogen-bond acceptors (Lipinski definition) is 0. The van der Waals surface area contributed by atoms with Crippen LogP contribution in [0.2, 0.25) is 0 Å². The fraction of sp³-hybridized carbons (Fsp3) is 0.500. The van der Waals surface area contributed by atoms with Crippen LogP contribution in [0.1, 0.15) is 38.7 Å². The zero-order valence-corrected chi connectivity index (χ0v) is 11.2. The Labute approximate surface area is 104 Å². The van der Waals surface area contributed by atoms with Gasteiger partial charge in [0.2, 0.25) is 0 Å². The quantitative estimate of drug-likeness (QED) is 0.650. The maximum atomic E-state index is 2.38. The summed E-state index contributed by atoms with van der Waals surface area (Å²) < 4.78 is 2.38. The molecule has 0 amide bonds. The van der Waals surface area contributed by atoms with Crippen molar-refractivity contribution in [1.82, 2.24) is 4.57 Å². The molecule has 0 saturated carbocycles. The van der Waals surface area contributed by atoms with E-state index in [2.05, 4.69) is 55.8 Å². The first-order chi connectivity index (χ1) is 8.16. The van der Waals surface area contributed by atoms with Gasteiger partial charge in [0, 0.05) is 18.3 Å². The second-order valence-electron chi connectivity index (χ2n) is 5.46. The molecule has 0 aliphatic rings. The van der Waals surface area contributed by atoms with Crippen LogP contribution in [0.4, 0.5) is 0 Å². The third-order valence-corrected chi connectivity index (χ3v) is 3.36. The number of benzene rings is 1. The van der Waals surface area contributed by atoms with Gasteiger partial charge in [0.05, 0.1) is 0 Å². The number of hydrogen-bond donors (Lipinski definition) is 0. The molecular formula is C16H23N. The standard InChI is InChI=1S/C16H23N/c1-13(2)6-4-5-10-17-11-9-15-12-14(3)7-8-16(15)17/h7-9,11-13H,4-6,10H2,1-3H3. The molecule has 0 atom stereocenters. The molecule has 0 unspecified atom stereocenters. The average molecular weight is 229 g/mol. The highest BCUT2D eigenvalue weighted by molar-refractivity contribution is 5.80. The van der Waals surface area contributed by atoms with Gasteiger partial charge in [-0.25, -0.2) is 0 Å². The minimum atomic E-state index is 0.832. The molecule has 0 saturated heterocycles. The van der Waals surface area contributed by atoms with E-state index in [0.717, 1.165) is 12.5 Å². The summed E-state index contributed by atoms with van der Waals surface area (Å²) in [5, 5.41) is 1.37. The lowest BCUT2D eigenvalue weighted by molar-refractivity contribution is 0.513. The Morgan fingerprint density at radius 3 is 2.71 bits per heavy atom. The maximum absolute atomic E-state index is 2.38. The normalized spacial score (nSPS) is 11.5.